The third-order valence-electron chi connectivity index (χ3n) is 8.24. The van der Waals surface area contributed by atoms with Crippen LogP contribution in [-0.4, -0.2) is 73.5 Å². The van der Waals surface area contributed by atoms with E-state index in [4.69, 9.17) is 4.74 Å². The molecule has 0 aliphatic carbocycles. The number of benzene rings is 3. The van der Waals surface area contributed by atoms with Gasteiger partial charge in [-0.05, 0) is 68.1 Å². The number of piperazine rings is 1. The van der Waals surface area contributed by atoms with Crippen molar-refractivity contribution >= 4 is 40.5 Å². The van der Waals surface area contributed by atoms with Crippen molar-refractivity contribution in [3.8, 4) is 0 Å². The van der Waals surface area contributed by atoms with Crippen molar-refractivity contribution in [2.75, 3.05) is 61.0 Å². The van der Waals surface area contributed by atoms with Gasteiger partial charge in [-0.3, -0.25) is 19.7 Å². The Hall–Kier alpha value is -4.93. The summed E-state index contributed by atoms with van der Waals surface area (Å²) in [5.74, 6) is -0.529. The average Bonchev–Trinajstić information content (AvgIpc) is 3.05. The number of rotatable bonds is 8. The third kappa shape index (κ3) is 6.82. The number of ether oxygens (including phenoxy) is 1. The van der Waals surface area contributed by atoms with Crippen molar-refractivity contribution < 1.29 is 24.0 Å². The van der Waals surface area contributed by atoms with Crippen LogP contribution >= 0.6 is 0 Å². The minimum atomic E-state index is -0.535. The minimum Gasteiger partial charge on any atom is -0.462 e. The number of carbonyl (C=O) groups excluding carboxylic acids is 3. The zero-order valence-corrected chi connectivity index (χ0v) is 25.0. The first-order valence-electron chi connectivity index (χ1n) is 15.0. The average molecular weight is 600 g/mol. The molecule has 3 aromatic rings. The van der Waals surface area contributed by atoms with Crippen LogP contribution in [0.25, 0.3) is 0 Å². The maximum absolute atomic E-state index is 13.5. The second kappa shape index (κ2) is 13.6. The van der Waals surface area contributed by atoms with Gasteiger partial charge in [0.25, 0.3) is 17.5 Å². The molecule has 2 fully saturated rings. The smallest absolute Gasteiger partial charge is 0.338 e. The number of nitrogens with zero attached hydrogens (tertiary/aromatic N) is 4. The Morgan fingerprint density at radius 2 is 1.48 bits per heavy atom. The van der Waals surface area contributed by atoms with Gasteiger partial charge in [0.05, 0.1) is 28.5 Å². The third-order valence-corrected chi connectivity index (χ3v) is 8.24. The second-order valence-corrected chi connectivity index (χ2v) is 11.2. The van der Waals surface area contributed by atoms with E-state index in [1.165, 1.54) is 6.07 Å². The maximum Gasteiger partial charge on any atom is 0.338 e. The Balaban J connectivity index is 1.37. The van der Waals surface area contributed by atoms with Gasteiger partial charge in [0.2, 0.25) is 0 Å². The van der Waals surface area contributed by atoms with Crippen molar-refractivity contribution in [2.45, 2.75) is 26.7 Å². The Kier molecular flexibility index (Phi) is 9.42. The fourth-order valence-electron chi connectivity index (χ4n) is 5.69. The largest absolute Gasteiger partial charge is 0.462 e. The Labute approximate surface area is 256 Å². The van der Waals surface area contributed by atoms with Gasteiger partial charge in [-0.25, -0.2) is 4.79 Å². The van der Waals surface area contributed by atoms with Gasteiger partial charge in [0.15, 0.2) is 0 Å². The molecule has 2 amide bonds. The van der Waals surface area contributed by atoms with Gasteiger partial charge < -0.3 is 24.8 Å². The predicted molar refractivity (Wildman–Crippen MR) is 169 cm³/mol. The molecule has 5 rings (SSSR count). The molecule has 44 heavy (non-hydrogen) atoms. The molecule has 2 heterocycles. The van der Waals surface area contributed by atoms with E-state index in [2.05, 4.69) is 12.2 Å². The van der Waals surface area contributed by atoms with E-state index in [1.807, 2.05) is 28.0 Å². The van der Waals surface area contributed by atoms with Gasteiger partial charge in [-0.2, -0.15) is 0 Å². The summed E-state index contributed by atoms with van der Waals surface area (Å²) in [5.41, 5.74) is 2.47. The molecule has 2 aliphatic heterocycles. The summed E-state index contributed by atoms with van der Waals surface area (Å²) >= 11 is 0. The van der Waals surface area contributed by atoms with Crippen LogP contribution < -0.4 is 15.1 Å². The van der Waals surface area contributed by atoms with Crippen LogP contribution in [0.2, 0.25) is 0 Å². The van der Waals surface area contributed by atoms with Crippen LogP contribution in [0, 0.1) is 16.0 Å². The Bertz CT molecular complexity index is 1530. The lowest BCUT2D eigenvalue weighted by Crippen LogP contribution is -2.49. The number of nitro benzene ring substituents is 1. The first-order chi connectivity index (χ1) is 21.2. The summed E-state index contributed by atoms with van der Waals surface area (Å²) < 4.78 is 5.17. The van der Waals surface area contributed by atoms with E-state index in [0.717, 1.165) is 25.9 Å². The molecule has 2 saturated heterocycles. The highest BCUT2D eigenvalue weighted by Gasteiger charge is 2.27. The van der Waals surface area contributed by atoms with Crippen molar-refractivity contribution in [3.63, 3.8) is 0 Å². The zero-order valence-electron chi connectivity index (χ0n) is 25.0. The van der Waals surface area contributed by atoms with Gasteiger partial charge >= 0.3 is 5.97 Å². The number of piperidine rings is 1. The lowest BCUT2D eigenvalue weighted by molar-refractivity contribution is -0.384. The number of anilines is 3. The zero-order chi connectivity index (χ0) is 31.2. The highest BCUT2D eigenvalue weighted by atomic mass is 16.6. The number of hydrogen-bond acceptors (Lipinski definition) is 8. The fraction of sp³-hybridized carbons (Fsp3) is 0.364. The molecule has 230 valence electrons. The minimum absolute atomic E-state index is 0.0412. The van der Waals surface area contributed by atoms with E-state index in [9.17, 15) is 24.5 Å². The summed E-state index contributed by atoms with van der Waals surface area (Å²) in [6, 6.07) is 18.6. The maximum atomic E-state index is 13.5. The van der Waals surface area contributed by atoms with Crippen LogP contribution in [-0.2, 0) is 4.74 Å². The van der Waals surface area contributed by atoms with Crippen LogP contribution in [0.1, 0.15) is 57.8 Å². The molecular formula is C33H37N5O6. The molecule has 0 atom stereocenters. The highest BCUT2D eigenvalue weighted by molar-refractivity contribution is 6.07. The van der Waals surface area contributed by atoms with Crippen LogP contribution in [0.15, 0.2) is 66.7 Å². The molecule has 0 unspecified atom stereocenters. The SMILES string of the molecule is CCOC(=O)c1ccc(N2CCN(C(=O)c3ccccc3)CC2)c(NC(=O)c2ccc(N3CCC(C)CC3)c([N+](=O)[O-])c2)c1. The molecule has 11 heteroatoms. The van der Waals surface area contributed by atoms with E-state index in [0.29, 0.717) is 54.7 Å². The van der Waals surface area contributed by atoms with Gasteiger partial charge in [0.1, 0.15) is 5.69 Å². The van der Waals surface area contributed by atoms with Gasteiger partial charge in [-0.15, -0.1) is 0 Å². The molecule has 11 nitrogen and oxygen atoms in total. The number of nitrogens with one attached hydrogen (secondary N) is 1. The molecular weight excluding hydrogens is 562 g/mol. The van der Waals surface area contributed by atoms with E-state index in [-0.39, 0.29) is 29.3 Å². The van der Waals surface area contributed by atoms with Crippen LogP contribution in [0.4, 0.5) is 22.7 Å². The lowest BCUT2D eigenvalue weighted by Gasteiger charge is -2.37. The van der Waals surface area contributed by atoms with E-state index < -0.39 is 16.8 Å². The Morgan fingerprint density at radius 3 is 2.14 bits per heavy atom. The summed E-state index contributed by atoms with van der Waals surface area (Å²) in [6.07, 6.45) is 1.90. The summed E-state index contributed by atoms with van der Waals surface area (Å²) in [4.78, 5) is 56.4. The first kappa shape index (κ1) is 30.5. The number of esters is 1. The monoisotopic (exact) mass is 599 g/mol. The van der Waals surface area contributed by atoms with E-state index >= 15 is 0 Å². The fourth-order valence-corrected chi connectivity index (χ4v) is 5.69. The van der Waals surface area contributed by atoms with Gasteiger partial charge in [-0.1, -0.05) is 25.1 Å². The van der Waals surface area contributed by atoms with Crippen LogP contribution in [0.5, 0.6) is 0 Å². The highest BCUT2D eigenvalue weighted by Crippen LogP contribution is 2.34. The van der Waals surface area contributed by atoms with Gasteiger partial charge in [0, 0.05) is 56.5 Å². The first-order valence-corrected chi connectivity index (χ1v) is 15.0. The van der Waals surface area contributed by atoms with Crippen molar-refractivity contribution in [1.29, 1.82) is 0 Å². The normalized spacial score (nSPS) is 15.5. The molecule has 0 bridgehead atoms. The number of carbonyl (C=O) groups is 3. The van der Waals surface area contributed by atoms with Crippen molar-refractivity contribution in [1.82, 2.24) is 4.90 Å². The number of hydrogen-bond donors (Lipinski definition) is 1. The number of amides is 2. The molecule has 3 aromatic carbocycles. The molecule has 0 spiro atoms. The summed E-state index contributed by atoms with van der Waals surface area (Å²) in [7, 11) is 0. The van der Waals surface area contributed by atoms with Crippen molar-refractivity contribution in [2.24, 2.45) is 5.92 Å². The molecule has 1 N–H and O–H groups in total. The second-order valence-electron chi connectivity index (χ2n) is 11.2. The van der Waals surface area contributed by atoms with Crippen molar-refractivity contribution in [3.05, 3.63) is 93.5 Å². The summed E-state index contributed by atoms with van der Waals surface area (Å²) in [6.45, 7) is 7.51. The van der Waals surface area contributed by atoms with E-state index in [1.54, 1.807) is 54.3 Å². The topological polar surface area (TPSA) is 125 Å². The molecule has 0 saturated carbocycles. The Morgan fingerprint density at radius 1 is 0.841 bits per heavy atom. The number of nitro groups is 1. The lowest BCUT2D eigenvalue weighted by atomic mass is 9.98. The quantitative estimate of drug-likeness (QED) is 0.212. The van der Waals surface area contributed by atoms with Crippen LogP contribution in [0.3, 0.4) is 0 Å². The standard InChI is InChI=1S/C33H37N5O6/c1-3-44-33(41)26-10-11-28(36-17-19-37(20-18-36)32(40)24-7-5-4-6-8-24)27(21-26)34-31(39)25-9-12-29(30(22-25)38(42)43)35-15-13-23(2)14-16-35/h4-12,21-23H,3,13-20H2,1-2H3,(H,34,39). The molecule has 0 radical (unpaired) electrons. The molecule has 0 aromatic heterocycles. The summed E-state index contributed by atoms with van der Waals surface area (Å²) in [5, 5.41) is 14.9. The molecule has 2 aliphatic rings. The predicted octanol–water partition coefficient (Wildman–Crippen LogP) is 5.22.